The highest BCUT2D eigenvalue weighted by Crippen LogP contribution is 2.29. The Bertz CT molecular complexity index is 1680. The first-order valence-corrected chi connectivity index (χ1v) is 21.0. The topological polar surface area (TPSA) is 142 Å². The van der Waals surface area contributed by atoms with Crippen molar-refractivity contribution in [3.05, 3.63) is 94.7 Å². The van der Waals surface area contributed by atoms with E-state index in [1.807, 2.05) is 41.2 Å². The number of ketones is 2. The second-order valence-corrected chi connectivity index (χ2v) is 15.1. The minimum absolute atomic E-state index is 0.00498. The second-order valence-electron chi connectivity index (χ2n) is 15.1. The fourth-order valence-corrected chi connectivity index (χ4v) is 7.21. The van der Waals surface area contributed by atoms with Crippen LogP contribution in [0.2, 0.25) is 0 Å². The zero-order valence-electron chi connectivity index (χ0n) is 34.5. The Morgan fingerprint density at radius 3 is 1.72 bits per heavy atom. The maximum atomic E-state index is 12.7. The number of aromatic nitrogens is 3. The molecule has 2 N–H and O–H groups in total. The van der Waals surface area contributed by atoms with Gasteiger partial charge in [-0.15, -0.1) is 5.10 Å². The number of carbonyl (C=O) groups excluding carboxylic acids is 2. The first kappa shape index (κ1) is 45.5. The molecule has 312 valence electrons. The number of aliphatic hydroxyl groups is 2. The molecular weight excluding hydrogens is 723 g/mol. The van der Waals surface area contributed by atoms with Crippen LogP contribution in [-0.4, -0.2) is 89.6 Å². The van der Waals surface area contributed by atoms with Crippen LogP contribution in [0.4, 0.5) is 0 Å². The molecule has 0 bridgehead atoms. The summed E-state index contributed by atoms with van der Waals surface area (Å²) in [5.41, 5.74) is 5.17. The highest BCUT2D eigenvalue weighted by Gasteiger charge is 2.34. The van der Waals surface area contributed by atoms with E-state index in [-0.39, 0.29) is 36.3 Å². The lowest BCUT2D eigenvalue weighted by Gasteiger charge is -2.20. The van der Waals surface area contributed by atoms with Gasteiger partial charge in [-0.25, -0.2) is 0 Å². The van der Waals surface area contributed by atoms with Crippen molar-refractivity contribution in [3.8, 4) is 11.1 Å². The van der Waals surface area contributed by atoms with E-state index in [0.29, 0.717) is 43.6 Å². The van der Waals surface area contributed by atoms with E-state index in [1.165, 1.54) is 77.6 Å². The summed E-state index contributed by atoms with van der Waals surface area (Å²) in [6.07, 6.45) is 17.5. The summed E-state index contributed by atoms with van der Waals surface area (Å²) in [4.78, 5) is 25.3. The van der Waals surface area contributed by atoms with Gasteiger partial charge in [-0.05, 0) is 42.9 Å². The molecule has 11 heteroatoms. The van der Waals surface area contributed by atoms with Crippen LogP contribution in [0.5, 0.6) is 0 Å². The molecule has 0 unspecified atom stereocenters. The van der Waals surface area contributed by atoms with Gasteiger partial charge in [0.15, 0.2) is 0 Å². The van der Waals surface area contributed by atoms with Gasteiger partial charge in [-0.1, -0.05) is 130 Å². The molecule has 1 aliphatic carbocycles. The Balaban J connectivity index is 0.913. The summed E-state index contributed by atoms with van der Waals surface area (Å²) in [5, 5.41) is 29.2. The number of hydrogen-bond donors (Lipinski definition) is 2. The monoisotopic (exact) mass is 787 g/mol. The van der Waals surface area contributed by atoms with Crippen LogP contribution in [0, 0.1) is 0 Å². The fraction of sp³-hybridized carbons (Fsp3) is 0.565. The lowest BCUT2D eigenvalue weighted by Crippen LogP contribution is -2.25. The Kier molecular flexibility index (Phi) is 20.7. The number of hydrogen-bond acceptors (Lipinski definition) is 10. The molecule has 0 saturated heterocycles. The summed E-state index contributed by atoms with van der Waals surface area (Å²) in [6.45, 7) is 3.62. The number of Topliss-reactive ketones (excluding diaryl/α,β-unsaturated/α-hetero) is 2. The van der Waals surface area contributed by atoms with Crippen molar-refractivity contribution < 1.29 is 38.7 Å². The molecule has 0 radical (unpaired) electrons. The molecule has 1 aliphatic rings. The van der Waals surface area contributed by atoms with E-state index in [2.05, 4.69) is 34.6 Å². The van der Waals surface area contributed by atoms with Gasteiger partial charge in [-0.3, -0.25) is 14.3 Å². The van der Waals surface area contributed by atoms with E-state index in [0.717, 1.165) is 49.0 Å². The number of methoxy groups -OCH3 is 2. The third-order valence-electron chi connectivity index (χ3n) is 10.5. The van der Waals surface area contributed by atoms with Gasteiger partial charge in [0.25, 0.3) is 0 Å². The Labute approximate surface area is 339 Å². The SMILES string of the molecule is COC1=C(OC)C(=O)C(CCCCCCCCCCCCCCCn2cc(C[C@H](O)COCCOC[C@@H](O)Cc3ccc(-c4ccccc4)cc3)nn2)=C(C)C1=O. The highest BCUT2D eigenvalue weighted by atomic mass is 16.5. The average Bonchev–Trinajstić information content (AvgIpc) is 3.67. The van der Waals surface area contributed by atoms with E-state index < -0.39 is 12.2 Å². The number of benzene rings is 2. The Hall–Kier alpha value is -4.16. The summed E-state index contributed by atoms with van der Waals surface area (Å²) in [6, 6.07) is 18.4. The van der Waals surface area contributed by atoms with Gasteiger partial charge in [0.1, 0.15) is 0 Å². The first-order chi connectivity index (χ1) is 27.8. The summed E-state index contributed by atoms with van der Waals surface area (Å²) < 4.78 is 23.3. The lowest BCUT2D eigenvalue weighted by atomic mass is 9.89. The molecule has 0 aliphatic heterocycles. The van der Waals surface area contributed by atoms with Crippen molar-refractivity contribution in [2.24, 2.45) is 0 Å². The Morgan fingerprint density at radius 2 is 1.14 bits per heavy atom. The molecule has 1 aromatic heterocycles. The van der Waals surface area contributed by atoms with Gasteiger partial charge in [0, 0.05) is 36.7 Å². The molecule has 57 heavy (non-hydrogen) atoms. The third-order valence-corrected chi connectivity index (χ3v) is 10.5. The minimum Gasteiger partial charge on any atom is -0.489 e. The standard InChI is InChI=1S/C46H65N3O8/c1-35-42(44(53)46(55-3)45(54-2)43(35)52)22-18-13-11-9-7-5-4-6-8-10-12-14-19-27-49-32-39(47-48-49)31-41(51)34-57-29-28-56-33-40(50)30-36-23-25-38(26-24-36)37-20-16-15-17-21-37/h15-17,20-21,23-26,32,40-41,50-51H,4-14,18-19,22,27-31,33-34H2,1-3H3/t40-,41-/m0/s1. The number of unbranched alkanes of at least 4 members (excludes halogenated alkanes) is 12. The smallest absolute Gasteiger partial charge is 0.228 e. The molecule has 0 saturated carbocycles. The van der Waals surface area contributed by atoms with Crippen LogP contribution in [0.3, 0.4) is 0 Å². The predicted octanol–water partition coefficient (Wildman–Crippen LogP) is 7.92. The molecule has 0 spiro atoms. The van der Waals surface area contributed by atoms with Gasteiger partial charge in [-0.2, -0.15) is 0 Å². The van der Waals surface area contributed by atoms with Crippen LogP contribution in [0.15, 0.2) is 83.5 Å². The molecule has 3 aromatic rings. The molecular formula is C46H65N3O8. The van der Waals surface area contributed by atoms with Crippen LogP contribution < -0.4 is 0 Å². The zero-order chi connectivity index (χ0) is 40.7. The quantitative estimate of drug-likeness (QED) is 0.0506. The Morgan fingerprint density at radius 1 is 0.632 bits per heavy atom. The van der Waals surface area contributed by atoms with Crippen LogP contribution in [0.25, 0.3) is 11.1 Å². The van der Waals surface area contributed by atoms with Crippen molar-refractivity contribution in [2.75, 3.05) is 40.6 Å². The lowest BCUT2D eigenvalue weighted by molar-refractivity contribution is -0.121. The van der Waals surface area contributed by atoms with E-state index in [9.17, 15) is 19.8 Å². The first-order valence-electron chi connectivity index (χ1n) is 21.0. The molecule has 11 nitrogen and oxygen atoms in total. The van der Waals surface area contributed by atoms with Crippen molar-refractivity contribution in [3.63, 3.8) is 0 Å². The number of aliphatic hydroxyl groups excluding tert-OH is 2. The molecule has 0 fully saturated rings. The van der Waals surface area contributed by atoms with E-state index in [4.69, 9.17) is 18.9 Å². The summed E-state index contributed by atoms with van der Waals surface area (Å²) in [5.74, 6) is -0.455. The molecule has 4 rings (SSSR count). The van der Waals surface area contributed by atoms with Gasteiger partial charge in [0.05, 0.1) is 58.5 Å². The third kappa shape index (κ3) is 16.0. The van der Waals surface area contributed by atoms with Crippen LogP contribution in [-0.2, 0) is 47.9 Å². The van der Waals surface area contributed by atoms with Gasteiger partial charge >= 0.3 is 0 Å². The number of ether oxygens (including phenoxy) is 4. The number of rotatable bonds is 30. The van der Waals surface area contributed by atoms with Crippen LogP contribution in [0.1, 0.15) is 108 Å². The highest BCUT2D eigenvalue weighted by molar-refractivity contribution is 6.23. The number of aryl methyl sites for hydroxylation is 1. The zero-order valence-corrected chi connectivity index (χ0v) is 34.5. The minimum atomic E-state index is -0.672. The number of nitrogens with zero attached hydrogens (tertiary/aromatic N) is 3. The normalized spacial score (nSPS) is 14.4. The van der Waals surface area contributed by atoms with E-state index >= 15 is 0 Å². The van der Waals surface area contributed by atoms with Gasteiger partial charge < -0.3 is 29.2 Å². The average molecular weight is 788 g/mol. The van der Waals surface area contributed by atoms with Crippen LogP contribution >= 0.6 is 0 Å². The fourth-order valence-electron chi connectivity index (χ4n) is 7.21. The molecule has 2 aromatic carbocycles. The van der Waals surface area contributed by atoms with E-state index in [1.54, 1.807) is 6.92 Å². The van der Waals surface area contributed by atoms with Crippen molar-refractivity contribution in [1.82, 2.24) is 15.0 Å². The maximum absolute atomic E-state index is 12.7. The summed E-state index contributed by atoms with van der Waals surface area (Å²) >= 11 is 0. The molecule has 1 heterocycles. The number of carbonyl (C=O) groups is 2. The largest absolute Gasteiger partial charge is 0.489 e. The molecule has 0 amide bonds. The molecule has 2 atom stereocenters. The van der Waals surface area contributed by atoms with Crippen molar-refractivity contribution >= 4 is 11.6 Å². The van der Waals surface area contributed by atoms with Gasteiger partial charge in [0.2, 0.25) is 23.1 Å². The number of allylic oxidation sites excluding steroid dienone is 2. The van der Waals surface area contributed by atoms with Crippen molar-refractivity contribution in [1.29, 1.82) is 0 Å². The second kappa shape index (κ2) is 26.0. The predicted molar refractivity (Wildman–Crippen MR) is 221 cm³/mol. The maximum Gasteiger partial charge on any atom is 0.228 e. The van der Waals surface area contributed by atoms with Crippen molar-refractivity contribution in [2.45, 2.75) is 128 Å². The summed E-state index contributed by atoms with van der Waals surface area (Å²) in [7, 11) is 2.78.